The summed E-state index contributed by atoms with van der Waals surface area (Å²) in [5.74, 6) is 0.573. The van der Waals surface area contributed by atoms with E-state index in [1.807, 2.05) is 47.4 Å². The van der Waals surface area contributed by atoms with Crippen LogP contribution in [0.15, 0.2) is 54.7 Å². The highest BCUT2D eigenvalue weighted by molar-refractivity contribution is 6.09. The Kier molecular flexibility index (Phi) is 3.65. The van der Waals surface area contributed by atoms with Crippen molar-refractivity contribution in [2.24, 2.45) is 5.92 Å². The Labute approximate surface area is 140 Å². The summed E-state index contributed by atoms with van der Waals surface area (Å²) in [6, 6.07) is 15.3. The molecule has 0 radical (unpaired) electrons. The minimum atomic E-state index is -0.0203. The molecule has 1 aromatic heterocycles. The van der Waals surface area contributed by atoms with Crippen LogP contribution in [-0.4, -0.2) is 23.7 Å². The largest absolute Gasteiger partial charge is 0.360 e. The van der Waals surface area contributed by atoms with Crippen molar-refractivity contribution in [3.63, 3.8) is 0 Å². The molecule has 4 heteroatoms. The number of H-pyrrole nitrogens is 1. The number of hydrogen-bond acceptors (Lipinski definition) is 2. The number of rotatable bonds is 5. The number of hydrogen-bond donors (Lipinski definition) is 1. The molecule has 1 N–H and O–H groups in total. The summed E-state index contributed by atoms with van der Waals surface area (Å²) in [5.41, 5.74) is 2.96. The second-order valence-corrected chi connectivity index (χ2v) is 6.32. The van der Waals surface area contributed by atoms with Gasteiger partial charge in [-0.15, -0.1) is 0 Å². The van der Waals surface area contributed by atoms with Gasteiger partial charge in [0, 0.05) is 40.5 Å². The topological polar surface area (TPSA) is 53.2 Å². The molecule has 0 bridgehead atoms. The monoisotopic (exact) mass is 318 g/mol. The first kappa shape index (κ1) is 14.7. The van der Waals surface area contributed by atoms with Gasteiger partial charge in [-0.05, 0) is 49.1 Å². The molecule has 1 saturated carbocycles. The summed E-state index contributed by atoms with van der Waals surface area (Å²) in [4.78, 5) is 29.2. The van der Waals surface area contributed by atoms with E-state index in [0.29, 0.717) is 17.0 Å². The fourth-order valence-corrected chi connectivity index (χ4v) is 3.00. The van der Waals surface area contributed by atoms with E-state index in [0.717, 1.165) is 29.4 Å². The quantitative estimate of drug-likeness (QED) is 0.722. The van der Waals surface area contributed by atoms with Crippen molar-refractivity contribution in [3.05, 3.63) is 65.9 Å². The molecule has 24 heavy (non-hydrogen) atoms. The molecular formula is C20H18N2O2. The number of para-hydroxylation sites is 1. The van der Waals surface area contributed by atoms with Gasteiger partial charge in [-0.2, -0.15) is 0 Å². The van der Waals surface area contributed by atoms with Crippen molar-refractivity contribution in [2.75, 3.05) is 11.4 Å². The normalized spacial score (nSPS) is 13.8. The molecule has 0 unspecified atom stereocenters. The summed E-state index contributed by atoms with van der Waals surface area (Å²) in [6.07, 6.45) is 4.85. The number of nitrogens with zero attached hydrogens (tertiary/aromatic N) is 1. The van der Waals surface area contributed by atoms with Crippen LogP contribution < -0.4 is 4.90 Å². The molecule has 0 atom stereocenters. The molecule has 4 nitrogen and oxygen atoms in total. The number of carbonyl (C=O) groups excluding carboxylic acids is 2. The van der Waals surface area contributed by atoms with Crippen LogP contribution in [0.5, 0.6) is 0 Å². The first-order chi connectivity index (χ1) is 11.8. The van der Waals surface area contributed by atoms with Crippen LogP contribution in [0.3, 0.4) is 0 Å². The van der Waals surface area contributed by atoms with Crippen molar-refractivity contribution < 1.29 is 9.59 Å². The number of aromatic amines is 1. The average molecular weight is 318 g/mol. The predicted molar refractivity (Wildman–Crippen MR) is 94.5 cm³/mol. The van der Waals surface area contributed by atoms with Gasteiger partial charge in [0.25, 0.3) is 5.91 Å². The zero-order valence-corrected chi connectivity index (χ0v) is 13.2. The Hall–Kier alpha value is -2.88. The van der Waals surface area contributed by atoms with Crippen LogP contribution >= 0.6 is 0 Å². The van der Waals surface area contributed by atoms with Crippen molar-refractivity contribution in [1.29, 1.82) is 0 Å². The highest BCUT2D eigenvalue weighted by Crippen LogP contribution is 2.32. The number of carbonyl (C=O) groups is 2. The van der Waals surface area contributed by atoms with Gasteiger partial charge in [-0.25, -0.2) is 0 Å². The van der Waals surface area contributed by atoms with Gasteiger partial charge in [-0.1, -0.05) is 18.2 Å². The Morgan fingerprint density at radius 2 is 1.96 bits per heavy atom. The van der Waals surface area contributed by atoms with Crippen molar-refractivity contribution in [2.45, 2.75) is 12.8 Å². The van der Waals surface area contributed by atoms with Gasteiger partial charge in [0.05, 0.1) is 0 Å². The summed E-state index contributed by atoms with van der Waals surface area (Å²) >= 11 is 0. The zero-order valence-electron chi connectivity index (χ0n) is 13.2. The molecule has 1 fully saturated rings. The molecule has 1 aliphatic rings. The Morgan fingerprint density at radius 1 is 1.17 bits per heavy atom. The number of aromatic nitrogens is 1. The highest BCUT2D eigenvalue weighted by Gasteiger charge is 2.28. The minimum absolute atomic E-state index is 0.0203. The van der Waals surface area contributed by atoms with Gasteiger partial charge in [0.2, 0.25) is 0 Å². The molecule has 1 amide bonds. The third-order valence-electron chi connectivity index (χ3n) is 4.54. The smallest absolute Gasteiger partial charge is 0.258 e. The number of amides is 1. The molecule has 120 valence electrons. The minimum Gasteiger partial charge on any atom is -0.360 e. The van der Waals surface area contributed by atoms with E-state index in [-0.39, 0.29) is 5.91 Å². The van der Waals surface area contributed by atoms with Crippen LogP contribution in [-0.2, 0) is 0 Å². The Balaban J connectivity index is 1.72. The SMILES string of the molecule is O=Cc1c[nH]c2ccc(C(=O)N(CC3CC3)c3ccccc3)cc12. The van der Waals surface area contributed by atoms with E-state index in [1.165, 1.54) is 12.8 Å². The number of nitrogens with one attached hydrogen (secondary N) is 1. The van der Waals surface area contributed by atoms with Crippen LogP contribution in [0.25, 0.3) is 10.9 Å². The van der Waals surface area contributed by atoms with E-state index in [9.17, 15) is 9.59 Å². The lowest BCUT2D eigenvalue weighted by Gasteiger charge is -2.23. The third-order valence-corrected chi connectivity index (χ3v) is 4.54. The van der Waals surface area contributed by atoms with Gasteiger partial charge in [0.1, 0.15) is 0 Å². The first-order valence-electron chi connectivity index (χ1n) is 8.19. The fraction of sp³-hybridized carbons (Fsp3) is 0.200. The molecule has 4 rings (SSSR count). The molecule has 0 saturated heterocycles. The van der Waals surface area contributed by atoms with Crippen molar-refractivity contribution >= 4 is 28.8 Å². The van der Waals surface area contributed by atoms with E-state index < -0.39 is 0 Å². The van der Waals surface area contributed by atoms with Crippen LogP contribution in [0.4, 0.5) is 5.69 Å². The molecule has 2 aromatic carbocycles. The van der Waals surface area contributed by atoms with Crippen molar-refractivity contribution in [1.82, 2.24) is 4.98 Å². The Morgan fingerprint density at radius 3 is 2.67 bits per heavy atom. The molecular weight excluding hydrogens is 300 g/mol. The van der Waals surface area contributed by atoms with Crippen LogP contribution in [0, 0.1) is 5.92 Å². The number of fused-ring (bicyclic) bond motifs is 1. The lowest BCUT2D eigenvalue weighted by atomic mass is 10.1. The second-order valence-electron chi connectivity index (χ2n) is 6.32. The van der Waals surface area contributed by atoms with E-state index in [1.54, 1.807) is 12.3 Å². The maximum absolute atomic E-state index is 13.1. The zero-order chi connectivity index (χ0) is 16.5. The summed E-state index contributed by atoms with van der Waals surface area (Å²) in [6.45, 7) is 0.745. The number of aldehydes is 1. The lowest BCUT2D eigenvalue weighted by Crippen LogP contribution is -2.32. The van der Waals surface area contributed by atoms with Gasteiger partial charge >= 0.3 is 0 Å². The van der Waals surface area contributed by atoms with Crippen molar-refractivity contribution in [3.8, 4) is 0 Å². The van der Waals surface area contributed by atoms with Crippen LogP contribution in [0.1, 0.15) is 33.6 Å². The van der Waals surface area contributed by atoms with E-state index in [4.69, 9.17) is 0 Å². The molecule has 1 heterocycles. The lowest BCUT2D eigenvalue weighted by molar-refractivity contribution is 0.0985. The predicted octanol–water partition coefficient (Wildman–Crippen LogP) is 4.04. The molecule has 0 spiro atoms. The average Bonchev–Trinajstić information content (AvgIpc) is 3.36. The maximum Gasteiger partial charge on any atom is 0.258 e. The van der Waals surface area contributed by atoms with E-state index >= 15 is 0 Å². The van der Waals surface area contributed by atoms with Gasteiger partial charge in [-0.3, -0.25) is 9.59 Å². The molecule has 3 aromatic rings. The number of benzene rings is 2. The third kappa shape index (κ3) is 2.71. The second kappa shape index (κ2) is 5.96. The Bertz CT molecular complexity index is 894. The first-order valence-corrected chi connectivity index (χ1v) is 8.19. The van der Waals surface area contributed by atoms with E-state index in [2.05, 4.69) is 4.98 Å². The van der Waals surface area contributed by atoms with Gasteiger partial charge in [0.15, 0.2) is 6.29 Å². The fourth-order valence-electron chi connectivity index (χ4n) is 3.00. The highest BCUT2D eigenvalue weighted by atomic mass is 16.2. The standard InChI is InChI=1S/C20H18N2O2/c23-13-16-11-21-19-9-8-15(10-18(16)19)20(24)22(12-14-6-7-14)17-4-2-1-3-5-17/h1-5,8-11,13-14,21H,6-7,12H2. The summed E-state index contributed by atoms with van der Waals surface area (Å²) < 4.78 is 0. The summed E-state index contributed by atoms with van der Waals surface area (Å²) in [5, 5.41) is 0.787. The molecule has 0 aliphatic heterocycles. The van der Waals surface area contributed by atoms with Gasteiger partial charge < -0.3 is 9.88 Å². The maximum atomic E-state index is 13.1. The molecule has 1 aliphatic carbocycles. The van der Waals surface area contributed by atoms with Crippen LogP contribution in [0.2, 0.25) is 0 Å². The summed E-state index contributed by atoms with van der Waals surface area (Å²) in [7, 11) is 0. The number of anilines is 1.